The zero-order valence-corrected chi connectivity index (χ0v) is 24.4. The Morgan fingerprint density at radius 2 is 1.52 bits per heavy atom. The van der Waals surface area contributed by atoms with E-state index in [1.807, 2.05) is 6.92 Å². The van der Waals surface area contributed by atoms with Crippen LogP contribution < -0.4 is 4.74 Å². The van der Waals surface area contributed by atoms with Crippen LogP contribution in [0.5, 0.6) is 5.75 Å². The van der Waals surface area contributed by atoms with Gasteiger partial charge in [-0.2, -0.15) is 0 Å². The maximum absolute atomic E-state index is 15.1. The monoisotopic (exact) mass is 590 g/mol. The van der Waals surface area contributed by atoms with Crippen LogP contribution in [0.3, 0.4) is 0 Å². The number of hydrogen-bond donors (Lipinski definition) is 0. The van der Waals surface area contributed by atoms with E-state index in [1.165, 1.54) is 30.3 Å². The fourth-order valence-electron chi connectivity index (χ4n) is 6.00. The first-order chi connectivity index (χ1) is 20.2. The molecule has 42 heavy (non-hydrogen) atoms. The van der Waals surface area contributed by atoms with E-state index in [9.17, 15) is 17.6 Å². The summed E-state index contributed by atoms with van der Waals surface area (Å²) in [4.78, 5) is 0. The average molecular weight is 591 g/mol. The van der Waals surface area contributed by atoms with Gasteiger partial charge in [0.05, 0.1) is 0 Å². The van der Waals surface area contributed by atoms with Gasteiger partial charge in [-0.05, 0) is 97.2 Å². The Morgan fingerprint density at radius 1 is 0.762 bits per heavy atom. The smallest absolute Gasteiger partial charge is 0.166 e. The van der Waals surface area contributed by atoms with Gasteiger partial charge in [-0.1, -0.05) is 63.4 Å². The lowest BCUT2D eigenvalue weighted by atomic mass is 9.76. The van der Waals surface area contributed by atoms with Crippen molar-refractivity contribution in [3.8, 4) is 16.9 Å². The molecule has 1 nitrogen and oxygen atoms in total. The van der Waals surface area contributed by atoms with Gasteiger partial charge in [0.2, 0.25) is 0 Å². The van der Waals surface area contributed by atoms with Gasteiger partial charge in [0.25, 0.3) is 0 Å². The summed E-state index contributed by atoms with van der Waals surface area (Å²) in [5, 5.41) is 0. The summed E-state index contributed by atoms with van der Waals surface area (Å²) < 4.78 is 93.7. The van der Waals surface area contributed by atoms with Gasteiger partial charge in [0.15, 0.2) is 29.4 Å². The highest BCUT2D eigenvalue weighted by molar-refractivity contribution is 5.65. The summed E-state index contributed by atoms with van der Waals surface area (Å²) in [5.74, 6) is -3.83. The minimum Gasteiger partial charge on any atom is -0.487 e. The predicted molar refractivity (Wildman–Crippen MR) is 155 cm³/mol. The summed E-state index contributed by atoms with van der Waals surface area (Å²) in [5.41, 5.74) is 1.82. The minimum atomic E-state index is -1.91. The van der Waals surface area contributed by atoms with Crippen molar-refractivity contribution in [3.05, 3.63) is 88.5 Å². The molecular formula is C35H40F6O. The van der Waals surface area contributed by atoms with Crippen molar-refractivity contribution < 1.29 is 31.1 Å². The maximum atomic E-state index is 15.1. The SMILES string of the molecule is CCCCCc1ccc(OCC(F)C(F)C2CCC(c3ccc(-c4ccc(CCC)c(F)c4F)cc3F)CC2)c(F)c1. The van der Waals surface area contributed by atoms with Gasteiger partial charge in [-0.25, -0.2) is 26.3 Å². The van der Waals surface area contributed by atoms with Crippen LogP contribution in [0, 0.1) is 29.2 Å². The molecule has 7 heteroatoms. The van der Waals surface area contributed by atoms with E-state index in [0.29, 0.717) is 49.7 Å². The molecule has 228 valence electrons. The third-order valence-corrected chi connectivity index (χ3v) is 8.46. The Balaban J connectivity index is 1.30. The molecule has 1 aliphatic rings. The Labute approximate surface area is 245 Å². The van der Waals surface area contributed by atoms with Gasteiger partial charge < -0.3 is 4.74 Å². The predicted octanol–water partition coefficient (Wildman–Crippen LogP) is 10.6. The molecule has 0 aromatic heterocycles. The first-order valence-corrected chi connectivity index (χ1v) is 15.2. The van der Waals surface area contributed by atoms with E-state index in [2.05, 4.69) is 6.92 Å². The van der Waals surface area contributed by atoms with Crippen LogP contribution in [0.2, 0.25) is 0 Å². The van der Waals surface area contributed by atoms with Crippen LogP contribution in [0.1, 0.15) is 87.8 Å². The number of benzene rings is 3. The van der Waals surface area contributed by atoms with Crippen molar-refractivity contribution >= 4 is 0 Å². The normalized spacial score (nSPS) is 18.6. The van der Waals surface area contributed by atoms with Crippen molar-refractivity contribution in [1.82, 2.24) is 0 Å². The molecule has 2 unspecified atom stereocenters. The zero-order valence-electron chi connectivity index (χ0n) is 24.4. The Hall–Kier alpha value is -2.96. The highest BCUT2D eigenvalue weighted by Crippen LogP contribution is 2.41. The zero-order chi connectivity index (χ0) is 30.2. The highest BCUT2D eigenvalue weighted by atomic mass is 19.2. The van der Waals surface area contributed by atoms with E-state index < -0.39 is 48.1 Å². The minimum absolute atomic E-state index is 0.000729. The molecule has 1 aliphatic carbocycles. The highest BCUT2D eigenvalue weighted by Gasteiger charge is 2.34. The fourth-order valence-corrected chi connectivity index (χ4v) is 6.00. The van der Waals surface area contributed by atoms with Gasteiger partial charge in [-0.15, -0.1) is 0 Å². The number of halogens is 6. The lowest BCUT2D eigenvalue weighted by Gasteiger charge is -2.32. The number of aryl methyl sites for hydroxylation is 2. The second kappa shape index (κ2) is 15.0. The molecule has 0 radical (unpaired) electrons. The number of unbranched alkanes of at least 4 members (excludes halogenated alkanes) is 2. The molecule has 0 saturated heterocycles. The van der Waals surface area contributed by atoms with Gasteiger partial charge in [-0.3, -0.25) is 0 Å². The summed E-state index contributed by atoms with van der Waals surface area (Å²) in [6.45, 7) is 3.39. The van der Waals surface area contributed by atoms with E-state index in [1.54, 1.807) is 18.2 Å². The third kappa shape index (κ3) is 7.70. The first kappa shape index (κ1) is 32.0. The number of rotatable bonds is 13. The van der Waals surface area contributed by atoms with Gasteiger partial charge in [0, 0.05) is 5.56 Å². The Morgan fingerprint density at radius 3 is 2.19 bits per heavy atom. The summed E-state index contributed by atoms with van der Waals surface area (Å²) in [7, 11) is 0. The molecule has 0 bridgehead atoms. The molecule has 4 rings (SSSR count). The largest absolute Gasteiger partial charge is 0.487 e. The van der Waals surface area contributed by atoms with Crippen molar-refractivity contribution in [1.29, 1.82) is 0 Å². The molecule has 0 amide bonds. The van der Waals surface area contributed by atoms with E-state index in [-0.39, 0.29) is 22.8 Å². The standard InChI is InChI=1S/C35H40F6O/c1-3-5-6-8-22-9-18-32(30(37)19-22)42-21-31(38)33(39)25-12-10-23(11-13-25)27-16-15-26(20-29(27)36)28-17-14-24(7-4-2)34(40)35(28)41/h9,14-20,23,25,31,33H,3-8,10-13,21H2,1-2H3. The lowest BCUT2D eigenvalue weighted by molar-refractivity contribution is 0.0531. The second-order valence-corrected chi connectivity index (χ2v) is 11.5. The molecule has 0 aliphatic heterocycles. The van der Waals surface area contributed by atoms with Crippen molar-refractivity contribution in [2.24, 2.45) is 5.92 Å². The topological polar surface area (TPSA) is 9.23 Å². The number of alkyl halides is 2. The maximum Gasteiger partial charge on any atom is 0.166 e. The van der Waals surface area contributed by atoms with Crippen molar-refractivity contribution in [2.75, 3.05) is 6.61 Å². The van der Waals surface area contributed by atoms with Crippen LogP contribution >= 0.6 is 0 Å². The molecule has 3 aromatic rings. The third-order valence-electron chi connectivity index (χ3n) is 8.46. The van der Waals surface area contributed by atoms with Crippen LogP contribution in [-0.2, 0) is 12.8 Å². The van der Waals surface area contributed by atoms with E-state index in [4.69, 9.17) is 4.74 Å². The number of ether oxygens (including phenoxy) is 1. The van der Waals surface area contributed by atoms with Crippen molar-refractivity contribution in [3.63, 3.8) is 0 Å². The molecule has 1 fully saturated rings. The van der Waals surface area contributed by atoms with Crippen LogP contribution in [0.15, 0.2) is 48.5 Å². The molecule has 0 heterocycles. The molecule has 3 aromatic carbocycles. The van der Waals surface area contributed by atoms with Crippen molar-refractivity contribution in [2.45, 2.75) is 96.3 Å². The molecule has 1 saturated carbocycles. The molecule has 2 atom stereocenters. The molecular weight excluding hydrogens is 550 g/mol. The van der Waals surface area contributed by atoms with Crippen LogP contribution in [-0.4, -0.2) is 19.0 Å². The Bertz CT molecular complexity index is 1320. The lowest BCUT2D eigenvalue weighted by Crippen LogP contribution is -2.33. The molecule has 0 N–H and O–H groups in total. The van der Waals surface area contributed by atoms with E-state index in [0.717, 1.165) is 31.2 Å². The van der Waals surface area contributed by atoms with E-state index >= 15 is 8.78 Å². The molecule has 0 spiro atoms. The second-order valence-electron chi connectivity index (χ2n) is 11.5. The average Bonchev–Trinajstić information content (AvgIpc) is 2.99. The summed E-state index contributed by atoms with van der Waals surface area (Å²) in [6, 6.07) is 12.0. The Kier molecular flexibility index (Phi) is 11.4. The fraction of sp³-hybridized carbons (Fsp3) is 0.486. The van der Waals surface area contributed by atoms with Crippen LogP contribution in [0.25, 0.3) is 11.1 Å². The number of hydrogen-bond acceptors (Lipinski definition) is 1. The van der Waals surface area contributed by atoms with Crippen LogP contribution in [0.4, 0.5) is 26.3 Å². The summed E-state index contributed by atoms with van der Waals surface area (Å²) >= 11 is 0. The summed E-state index contributed by atoms with van der Waals surface area (Å²) in [6.07, 6.45) is 2.92. The first-order valence-electron chi connectivity index (χ1n) is 15.2. The van der Waals surface area contributed by atoms with Gasteiger partial charge in [0.1, 0.15) is 18.6 Å². The quantitative estimate of drug-likeness (QED) is 0.142. The van der Waals surface area contributed by atoms with Gasteiger partial charge >= 0.3 is 0 Å².